The molecule has 0 aliphatic rings. The number of anilines is 1. The smallest absolute Gasteiger partial charge is 0.870 e. The number of azo groups is 1. The van der Waals surface area contributed by atoms with Gasteiger partial charge in [0.15, 0.2) is 0 Å². The van der Waals surface area contributed by atoms with Gasteiger partial charge in [0.25, 0.3) is 16.0 Å². The number of benzene rings is 4. The Balaban J connectivity index is 0.00000420. The number of fused-ring (bicyclic) bond motifs is 1. The molecule has 0 aliphatic heterocycles. The summed E-state index contributed by atoms with van der Waals surface area (Å²) in [5.41, 5.74) is 0.0213. The number of hydrogen-bond donors (Lipinski definition) is 2. The van der Waals surface area contributed by atoms with Crippen LogP contribution in [0.2, 0.25) is 10.0 Å². The average Bonchev–Trinajstić information content (AvgIpc) is 2.88. The van der Waals surface area contributed by atoms with Crippen LogP contribution in [0.25, 0.3) is 10.8 Å². The molecule has 0 heterocycles. The van der Waals surface area contributed by atoms with Crippen LogP contribution in [0.1, 0.15) is 22.8 Å². The number of amides is 1. The van der Waals surface area contributed by atoms with Gasteiger partial charge in [0.2, 0.25) is 0 Å². The molecule has 0 unspecified atom stereocenters. The van der Waals surface area contributed by atoms with Gasteiger partial charge in [0.05, 0.1) is 23.5 Å². The molecular formula is C26H20Cl2N3NaO6S. The van der Waals surface area contributed by atoms with Gasteiger partial charge in [-0.3, -0.25) is 9.35 Å². The predicted octanol–water partition coefficient (Wildman–Crippen LogP) is 3.71. The number of halogens is 2. The summed E-state index contributed by atoms with van der Waals surface area (Å²) in [6, 6.07) is 15.3. The molecule has 13 heteroatoms. The molecule has 0 spiro atoms. The molecule has 0 saturated heterocycles. The number of carbonyl (C=O) groups is 1. The largest absolute Gasteiger partial charge is 1.00 e. The van der Waals surface area contributed by atoms with Crippen molar-refractivity contribution in [3.8, 4) is 11.5 Å². The molecule has 0 aromatic heterocycles. The third-order valence-corrected chi connectivity index (χ3v) is 7.08. The van der Waals surface area contributed by atoms with Crippen LogP contribution in [0.15, 0.2) is 75.8 Å². The first-order chi connectivity index (χ1) is 18.0. The molecule has 196 valence electrons. The summed E-state index contributed by atoms with van der Waals surface area (Å²) in [4.78, 5) is 12.6. The van der Waals surface area contributed by atoms with E-state index >= 15 is 0 Å². The Kier molecular flexibility index (Phi) is 10.0. The summed E-state index contributed by atoms with van der Waals surface area (Å²) in [5.74, 6) is -1.04. The summed E-state index contributed by atoms with van der Waals surface area (Å²) >= 11 is 12.2. The van der Waals surface area contributed by atoms with Gasteiger partial charge in [-0.15, -0.1) is 5.11 Å². The Labute approximate surface area is 256 Å². The number of aryl methyl sites for hydroxylation is 1. The van der Waals surface area contributed by atoms with E-state index in [1.54, 1.807) is 43.3 Å². The van der Waals surface area contributed by atoms with E-state index in [9.17, 15) is 22.9 Å². The van der Waals surface area contributed by atoms with Crippen molar-refractivity contribution >= 4 is 67.1 Å². The van der Waals surface area contributed by atoms with Gasteiger partial charge in [-0.05, 0) is 47.7 Å². The maximum Gasteiger partial charge on any atom is 1.00 e. The summed E-state index contributed by atoms with van der Waals surface area (Å²) < 4.78 is 38.9. The number of carbonyl (C=O) groups excluding carboxylic acids is 1. The SMILES string of the molecule is CCc1cc(Cl)cc(S(=O)(=O)O)c1N=Nc1c([O-])c(C(=O)Nc2cc(OC)ccc2Cl)cc2ccccc12.[Na+]. The van der Waals surface area contributed by atoms with E-state index in [-0.39, 0.29) is 62.2 Å². The summed E-state index contributed by atoms with van der Waals surface area (Å²) in [7, 11) is -3.25. The van der Waals surface area contributed by atoms with Crippen molar-refractivity contribution in [3.05, 3.63) is 81.8 Å². The molecule has 4 aromatic carbocycles. The molecule has 1 amide bonds. The van der Waals surface area contributed by atoms with E-state index < -0.39 is 26.7 Å². The van der Waals surface area contributed by atoms with Crippen molar-refractivity contribution < 1.29 is 57.2 Å². The Morgan fingerprint density at radius 3 is 2.41 bits per heavy atom. The Morgan fingerprint density at radius 1 is 1.05 bits per heavy atom. The van der Waals surface area contributed by atoms with E-state index in [4.69, 9.17) is 27.9 Å². The second-order valence-electron chi connectivity index (χ2n) is 8.06. The maximum atomic E-state index is 13.5. The summed E-state index contributed by atoms with van der Waals surface area (Å²) in [6.07, 6.45) is 0.312. The molecule has 4 rings (SSSR count). The Hall–Kier alpha value is -2.70. The van der Waals surface area contributed by atoms with Gasteiger partial charge in [-0.1, -0.05) is 60.1 Å². The van der Waals surface area contributed by atoms with Crippen molar-refractivity contribution in [3.63, 3.8) is 0 Å². The fraction of sp³-hybridized carbons (Fsp3) is 0.115. The Bertz CT molecular complexity index is 1710. The first-order valence-corrected chi connectivity index (χ1v) is 13.3. The topological polar surface area (TPSA) is 140 Å². The molecular weight excluding hydrogens is 576 g/mol. The van der Waals surface area contributed by atoms with E-state index in [1.165, 1.54) is 25.3 Å². The van der Waals surface area contributed by atoms with E-state index in [1.807, 2.05) is 0 Å². The molecule has 0 aliphatic carbocycles. The minimum atomic E-state index is -4.71. The first kappa shape index (κ1) is 30.8. The molecule has 9 nitrogen and oxygen atoms in total. The van der Waals surface area contributed by atoms with Crippen molar-refractivity contribution in [2.75, 3.05) is 12.4 Å². The molecule has 0 saturated carbocycles. The van der Waals surface area contributed by atoms with Crippen molar-refractivity contribution in [1.29, 1.82) is 0 Å². The zero-order chi connectivity index (χ0) is 27.6. The van der Waals surface area contributed by atoms with Crippen molar-refractivity contribution in [1.82, 2.24) is 0 Å². The predicted molar refractivity (Wildman–Crippen MR) is 144 cm³/mol. The van der Waals surface area contributed by atoms with Crippen LogP contribution in [0.5, 0.6) is 11.5 Å². The second-order valence-corrected chi connectivity index (χ2v) is 10.3. The van der Waals surface area contributed by atoms with Crippen LogP contribution in [-0.4, -0.2) is 26.0 Å². The van der Waals surface area contributed by atoms with E-state index in [0.717, 1.165) is 6.07 Å². The number of nitrogens with one attached hydrogen (secondary N) is 1. The fourth-order valence-electron chi connectivity index (χ4n) is 3.80. The van der Waals surface area contributed by atoms with Gasteiger partial charge in [-0.2, -0.15) is 13.5 Å². The number of ether oxygens (including phenoxy) is 1. The van der Waals surface area contributed by atoms with Gasteiger partial charge in [0.1, 0.15) is 16.3 Å². The fourth-order valence-corrected chi connectivity index (χ4v) is 4.96. The normalized spacial score (nSPS) is 11.4. The Morgan fingerprint density at radius 2 is 1.74 bits per heavy atom. The first-order valence-electron chi connectivity index (χ1n) is 11.1. The molecule has 0 bridgehead atoms. The quantitative estimate of drug-likeness (QED) is 0.189. The van der Waals surface area contributed by atoms with E-state index in [2.05, 4.69) is 15.5 Å². The molecule has 0 atom stereocenters. The van der Waals surface area contributed by atoms with Crippen LogP contribution in [0.3, 0.4) is 0 Å². The zero-order valence-corrected chi connectivity index (χ0v) is 25.4. The van der Waals surface area contributed by atoms with Crippen molar-refractivity contribution in [2.45, 2.75) is 18.2 Å². The van der Waals surface area contributed by atoms with Crippen LogP contribution in [0, 0.1) is 0 Å². The zero-order valence-electron chi connectivity index (χ0n) is 21.0. The number of methoxy groups -OCH3 is 1. The number of rotatable bonds is 7. The number of nitrogens with zero attached hydrogens (tertiary/aromatic N) is 2. The third-order valence-electron chi connectivity index (χ3n) is 5.67. The molecule has 0 fully saturated rings. The second kappa shape index (κ2) is 12.6. The minimum Gasteiger partial charge on any atom is -0.870 e. The van der Waals surface area contributed by atoms with Gasteiger partial charge in [-0.25, -0.2) is 0 Å². The van der Waals surface area contributed by atoms with Crippen LogP contribution in [-0.2, 0) is 16.5 Å². The monoisotopic (exact) mass is 595 g/mol. The molecule has 4 aromatic rings. The number of hydrogen-bond acceptors (Lipinski definition) is 7. The van der Waals surface area contributed by atoms with Gasteiger partial charge >= 0.3 is 29.6 Å². The van der Waals surface area contributed by atoms with Gasteiger partial charge < -0.3 is 15.2 Å². The van der Waals surface area contributed by atoms with Crippen molar-refractivity contribution in [2.24, 2.45) is 10.2 Å². The summed E-state index contributed by atoms with van der Waals surface area (Å²) in [6.45, 7) is 1.74. The molecule has 39 heavy (non-hydrogen) atoms. The summed E-state index contributed by atoms with van der Waals surface area (Å²) in [5, 5.41) is 25.4. The van der Waals surface area contributed by atoms with E-state index in [0.29, 0.717) is 28.5 Å². The molecule has 0 radical (unpaired) electrons. The average molecular weight is 596 g/mol. The molecule has 2 N–H and O–H groups in total. The van der Waals surface area contributed by atoms with Crippen LogP contribution in [0.4, 0.5) is 17.1 Å². The third kappa shape index (κ3) is 6.72. The van der Waals surface area contributed by atoms with Crippen LogP contribution < -0.4 is 44.7 Å². The van der Waals surface area contributed by atoms with Gasteiger partial charge in [0, 0.05) is 22.0 Å². The minimum absolute atomic E-state index is 0. The van der Waals surface area contributed by atoms with Crippen LogP contribution >= 0.6 is 23.2 Å². The standard InChI is InChI=1S/C26H21Cl2N3O6S.Na/c1-3-14-10-16(27)12-22(38(34,35)36)23(14)30-31-24-18-7-5-4-6-15(18)11-19(25(24)32)26(33)29-21-13-17(37-2)8-9-20(21)28;/h4-13,32H,3H2,1-2H3,(H,29,33)(H,34,35,36);/q;+1/p-1. The maximum absolute atomic E-state index is 13.5.